The molecule has 2 aromatic rings. The lowest BCUT2D eigenvalue weighted by Gasteiger charge is -1.97. The van der Waals surface area contributed by atoms with Crippen LogP contribution < -0.4 is 5.73 Å². The number of nitrogen functional groups attached to an aromatic ring is 1. The summed E-state index contributed by atoms with van der Waals surface area (Å²) in [4.78, 5) is 5.87. The van der Waals surface area contributed by atoms with E-state index in [9.17, 15) is 0 Å². The van der Waals surface area contributed by atoms with Crippen LogP contribution in [0.25, 0.3) is 10.2 Å². The van der Waals surface area contributed by atoms with Crippen molar-refractivity contribution in [1.82, 2.24) is 4.98 Å². The highest BCUT2D eigenvalue weighted by atomic mass is 32.1. The van der Waals surface area contributed by atoms with E-state index >= 15 is 0 Å². The van der Waals surface area contributed by atoms with Gasteiger partial charge in [0.15, 0.2) is 0 Å². The van der Waals surface area contributed by atoms with Gasteiger partial charge >= 0.3 is 0 Å². The van der Waals surface area contributed by atoms with Crippen molar-refractivity contribution in [2.45, 2.75) is 12.8 Å². The molecule has 0 atom stereocenters. The number of aryl methyl sites for hydroxylation is 1. The molecule has 2 heterocycles. The first-order valence-corrected chi connectivity index (χ1v) is 5.76. The Morgan fingerprint density at radius 3 is 3.06 bits per heavy atom. The van der Waals surface area contributed by atoms with Gasteiger partial charge < -0.3 is 5.73 Å². The molecule has 2 N–H and O–H groups in total. The molecule has 0 radical (unpaired) electrons. The average Bonchev–Trinajstić information content (AvgIpc) is 2.63. The maximum atomic E-state index is 8.87. The van der Waals surface area contributed by atoms with Crippen molar-refractivity contribution in [2.75, 3.05) is 5.73 Å². The number of rotatable bonds is 3. The van der Waals surface area contributed by atoms with Crippen molar-refractivity contribution < 1.29 is 0 Å². The molecular weight excluding hydrogens is 218 g/mol. The van der Waals surface area contributed by atoms with Gasteiger partial charge in [0.25, 0.3) is 0 Å². The Hall–Kier alpha value is -1.86. The molecule has 0 saturated carbocycles. The van der Waals surface area contributed by atoms with Crippen LogP contribution >= 0.6 is 11.3 Å². The number of nitrogens with two attached hydrogens (primary N) is 1. The highest BCUT2D eigenvalue weighted by molar-refractivity contribution is 7.19. The number of aromatic nitrogens is 1. The van der Waals surface area contributed by atoms with Gasteiger partial charge in [-0.3, -0.25) is 0 Å². The summed E-state index contributed by atoms with van der Waals surface area (Å²) in [5.74, 6) is 0. The fourth-order valence-electron chi connectivity index (χ4n) is 1.51. The summed E-state index contributed by atoms with van der Waals surface area (Å²) in [6, 6.07) is 5.98. The third kappa shape index (κ3) is 1.77. The number of pyridine rings is 1. The molecule has 0 bridgehead atoms. The van der Waals surface area contributed by atoms with Crippen molar-refractivity contribution in [1.29, 1.82) is 5.26 Å². The minimum atomic E-state index is 0.545. The van der Waals surface area contributed by atoms with E-state index in [-0.39, 0.29) is 0 Å². The van der Waals surface area contributed by atoms with Crippen LogP contribution in [0, 0.1) is 11.3 Å². The van der Waals surface area contributed by atoms with E-state index in [1.165, 1.54) is 11.3 Å². The van der Waals surface area contributed by atoms with Crippen LogP contribution in [0.5, 0.6) is 0 Å². The predicted octanol–water partition coefficient (Wildman–Crippen LogP) is 2.87. The highest BCUT2D eigenvalue weighted by Crippen LogP contribution is 2.31. The Balaban J connectivity index is 2.47. The molecule has 0 spiro atoms. The summed E-state index contributed by atoms with van der Waals surface area (Å²) < 4.78 is 0. The number of hydrogen-bond acceptors (Lipinski definition) is 4. The molecular formula is C12H11N3S. The Morgan fingerprint density at radius 1 is 1.56 bits per heavy atom. The van der Waals surface area contributed by atoms with Crippen molar-refractivity contribution >= 4 is 27.2 Å². The lowest BCUT2D eigenvalue weighted by atomic mass is 10.2. The van der Waals surface area contributed by atoms with Crippen LogP contribution in [0.3, 0.4) is 0 Å². The number of hydrogen-bond donors (Lipinski definition) is 1. The zero-order valence-corrected chi connectivity index (χ0v) is 9.55. The van der Waals surface area contributed by atoms with Crippen molar-refractivity contribution in [3.8, 4) is 6.07 Å². The minimum absolute atomic E-state index is 0.545. The lowest BCUT2D eigenvalue weighted by molar-refractivity contribution is 0.959. The molecule has 4 heteroatoms. The summed E-state index contributed by atoms with van der Waals surface area (Å²) in [5, 5.41) is 9.75. The molecule has 16 heavy (non-hydrogen) atoms. The number of nitrogens with zero attached hydrogens (tertiary/aromatic N) is 2. The van der Waals surface area contributed by atoms with Crippen molar-refractivity contribution in [2.24, 2.45) is 0 Å². The molecule has 3 nitrogen and oxygen atoms in total. The van der Waals surface area contributed by atoms with E-state index in [1.807, 2.05) is 18.2 Å². The van der Waals surface area contributed by atoms with Crippen LogP contribution in [0.2, 0.25) is 0 Å². The van der Waals surface area contributed by atoms with E-state index in [4.69, 9.17) is 11.0 Å². The minimum Gasteiger partial charge on any atom is -0.396 e. The Bertz CT molecular complexity index is 578. The lowest BCUT2D eigenvalue weighted by Crippen LogP contribution is -1.89. The Labute approximate surface area is 97.8 Å². The zero-order valence-electron chi connectivity index (χ0n) is 8.73. The summed E-state index contributed by atoms with van der Waals surface area (Å²) in [5.41, 5.74) is 7.39. The molecule has 0 aliphatic heterocycles. The highest BCUT2D eigenvalue weighted by Gasteiger charge is 2.09. The van der Waals surface area contributed by atoms with E-state index in [0.29, 0.717) is 10.6 Å². The molecule has 0 saturated heterocycles. The molecule has 0 aliphatic carbocycles. The van der Waals surface area contributed by atoms with E-state index in [0.717, 1.165) is 28.8 Å². The summed E-state index contributed by atoms with van der Waals surface area (Å²) in [7, 11) is 0. The van der Waals surface area contributed by atoms with Gasteiger partial charge in [0.2, 0.25) is 0 Å². The Kier molecular flexibility index (Phi) is 2.88. The first-order valence-electron chi connectivity index (χ1n) is 4.95. The summed E-state index contributed by atoms with van der Waals surface area (Å²) in [6.07, 6.45) is 3.65. The van der Waals surface area contributed by atoms with Gasteiger partial charge in [0.05, 0.1) is 5.69 Å². The Morgan fingerprint density at radius 2 is 2.38 bits per heavy atom. The number of allylic oxidation sites excluding steroid dienone is 1. The van der Waals surface area contributed by atoms with Gasteiger partial charge in [-0.1, -0.05) is 6.08 Å². The fourth-order valence-corrected chi connectivity index (χ4v) is 2.42. The van der Waals surface area contributed by atoms with E-state index in [1.54, 1.807) is 0 Å². The van der Waals surface area contributed by atoms with Crippen LogP contribution in [0.1, 0.15) is 17.0 Å². The van der Waals surface area contributed by atoms with Gasteiger partial charge in [0.1, 0.15) is 15.8 Å². The van der Waals surface area contributed by atoms with Gasteiger partial charge in [-0.15, -0.1) is 17.9 Å². The van der Waals surface area contributed by atoms with Crippen LogP contribution in [-0.2, 0) is 6.42 Å². The van der Waals surface area contributed by atoms with Gasteiger partial charge in [-0.05, 0) is 25.0 Å². The van der Waals surface area contributed by atoms with Gasteiger partial charge in [0, 0.05) is 11.1 Å². The smallest absolute Gasteiger partial charge is 0.130 e. The normalized spacial score (nSPS) is 10.2. The number of nitriles is 1. The van der Waals surface area contributed by atoms with Crippen molar-refractivity contribution in [3.63, 3.8) is 0 Å². The first kappa shape index (κ1) is 10.7. The van der Waals surface area contributed by atoms with Crippen molar-refractivity contribution in [3.05, 3.63) is 35.4 Å². The molecule has 80 valence electrons. The molecule has 0 unspecified atom stereocenters. The molecule has 2 rings (SSSR count). The van der Waals surface area contributed by atoms with Crippen LogP contribution in [0.15, 0.2) is 24.8 Å². The van der Waals surface area contributed by atoms with Crippen LogP contribution in [-0.4, -0.2) is 4.98 Å². The van der Waals surface area contributed by atoms with Gasteiger partial charge in [-0.2, -0.15) is 5.26 Å². The molecule has 0 aliphatic rings. The summed E-state index contributed by atoms with van der Waals surface area (Å²) in [6.45, 7) is 3.68. The summed E-state index contributed by atoms with van der Waals surface area (Å²) >= 11 is 1.35. The fraction of sp³-hybridized carbons (Fsp3) is 0.167. The zero-order chi connectivity index (χ0) is 11.5. The standard InChI is InChI=1S/C12H11N3S/c1-2-3-4-8-5-6-9-11(14)10(7-13)16-12(9)15-8/h2,5-6H,1,3-4,14H2. The monoisotopic (exact) mass is 229 g/mol. The van der Waals surface area contributed by atoms with Gasteiger partial charge in [-0.25, -0.2) is 4.98 Å². The second kappa shape index (κ2) is 4.33. The topological polar surface area (TPSA) is 62.7 Å². The quantitative estimate of drug-likeness (QED) is 0.823. The molecule has 0 amide bonds. The maximum absolute atomic E-state index is 8.87. The van der Waals surface area contributed by atoms with E-state index in [2.05, 4.69) is 17.6 Å². The first-order chi connectivity index (χ1) is 7.76. The molecule has 2 aromatic heterocycles. The number of anilines is 1. The second-order valence-corrected chi connectivity index (χ2v) is 4.44. The second-order valence-electron chi connectivity index (χ2n) is 3.44. The van der Waals surface area contributed by atoms with E-state index < -0.39 is 0 Å². The molecule has 0 aromatic carbocycles. The maximum Gasteiger partial charge on any atom is 0.130 e. The van der Waals surface area contributed by atoms with Crippen LogP contribution in [0.4, 0.5) is 5.69 Å². The third-order valence-corrected chi connectivity index (χ3v) is 3.38. The largest absolute Gasteiger partial charge is 0.396 e. The predicted molar refractivity (Wildman–Crippen MR) is 67.3 cm³/mol. The molecule has 0 fully saturated rings. The number of thiophene rings is 1. The SMILES string of the molecule is C=CCCc1ccc2c(N)c(C#N)sc2n1. The number of fused-ring (bicyclic) bond motifs is 1. The third-order valence-electron chi connectivity index (χ3n) is 2.36. The average molecular weight is 229 g/mol.